The maximum atomic E-state index is 11.4. The number of Topliss-reactive ketones (excluding diaryl/α,β-unsaturated/α-hetero) is 1. The summed E-state index contributed by atoms with van der Waals surface area (Å²) in [7, 11) is 2.09. The quantitative estimate of drug-likeness (QED) is 0.632. The first-order valence-corrected chi connectivity index (χ1v) is 5.04. The summed E-state index contributed by atoms with van der Waals surface area (Å²) >= 11 is 0. The molecule has 14 heavy (non-hydrogen) atoms. The van der Waals surface area contributed by atoms with Crippen LogP contribution in [0, 0.1) is 0 Å². The maximum Gasteiger partial charge on any atom is 0.160 e. The summed E-state index contributed by atoms with van der Waals surface area (Å²) in [5, 5.41) is 0. The molecule has 2 heteroatoms. The second-order valence-corrected chi connectivity index (χ2v) is 3.88. The van der Waals surface area contributed by atoms with Crippen molar-refractivity contribution in [3.05, 3.63) is 29.3 Å². The molecule has 74 valence electrons. The number of carbonyl (C=O) groups is 1. The Bertz CT molecular complexity index is 371. The minimum Gasteiger partial charge on any atom is -0.374 e. The van der Waals surface area contributed by atoms with Crippen molar-refractivity contribution in [1.29, 1.82) is 0 Å². The van der Waals surface area contributed by atoms with E-state index in [4.69, 9.17) is 0 Å². The lowest BCUT2D eigenvalue weighted by Gasteiger charge is -2.28. The van der Waals surface area contributed by atoms with Crippen LogP contribution < -0.4 is 4.90 Å². The molecular weight excluding hydrogens is 174 g/mol. The number of nitrogens with zero attached hydrogens (tertiary/aromatic N) is 1. The molecule has 0 spiro atoms. The van der Waals surface area contributed by atoms with Gasteiger partial charge >= 0.3 is 0 Å². The Morgan fingerprint density at radius 2 is 2.21 bits per heavy atom. The molecule has 0 unspecified atom stereocenters. The summed E-state index contributed by atoms with van der Waals surface area (Å²) in [5.74, 6) is 0.178. The van der Waals surface area contributed by atoms with E-state index in [1.807, 2.05) is 12.1 Å². The van der Waals surface area contributed by atoms with Crippen LogP contribution in [0.4, 0.5) is 5.69 Å². The van der Waals surface area contributed by atoms with Gasteiger partial charge in [-0.25, -0.2) is 0 Å². The van der Waals surface area contributed by atoms with E-state index in [2.05, 4.69) is 18.0 Å². The molecular formula is C12H15NO. The first-order chi connectivity index (χ1) is 6.70. The standard InChI is InChI=1S/C12H15NO/c1-9(14)10-5-3-7-12-11(10)6-4-8-13(12)2/h3,5,7H,4,6,8H2,1-2H3. The fourth-order valence-electron chi connectivity index (χ4n) is 2.14. The Kier molecular flexibility index (Phi) is 2.28. The van der Waals surface area contributed by atoms with Gasteiger partial charge < -0.3 is 4.90 Å². The lowest BCUT2D eigenvalue weighted by Crippen LogP contribution is -2.25. The number of hydrogen-bond acceptors (Lipinski definition) is 2. The van der Waals surface area contributed by atoms with Crippen LogP contribution in [0.15, 0.2) is 18.2 Å². The highest BCUT2D eigenvalue weighted by molar-refractivity contribution is 5.97. The molecule has 0 aromatic heterocycles. The lowest BCUT2D eigenvalue weighted by atomic mass is 9.95. The molecule has 0 fully saturated rings. The summed E-state index contributed by atoms with van der Waals surface area (Å²) in [6, 6.07) is 6.00. The van der Waals surface area contributed by atoms with Crippen molar-refractivity contribution in [2.24, 2.45) is 0 Å². The van der Waals surface area contributed by atoms with E-state index in [9.17, 15) is 4.79 Å². The van der Waals surface area contributed by atoms with Crippen molar-refractivity contribution in [2.45, 2.75) is 19.8 Å². The van der Waals surface area contributed by atoms with Crippen molar-refractivity contribution in [2.75, 3.05) is 18.5 Å². The van der Waals surface area contributed by atoms with E-state index in [1.165, 1.54) is 11.3 Å². The van der Waals surface area contributed by atoms with E-state index in [-0.39, 0.29) is 5.78 Å². The lowest BCUT2D eigenvalue weighted by molar-refractivity contribution is 0.101. The number of anilines is 1. The van der Waals surface area contributed by atoms with Crippen LogP contribution in [0.25, 0.3) is 0 Å². The fourth-order valence-corrected chi connectivity index (χ4v) is 2.14. The van der Waals surface area contributed by atoms with Gasteiger partial charge in [0.15, 0.2) is 5.78 Å². The highest BCUT2D eigenvalue weighted by Gasteiger charge is 2.17. The van der Waals surface area contributed by atoms with Crippen LogP contribution in [-0.2, 0) is 6.42 Å². The topological polar surface area (TPSA) is 20.3 Å². The normalized spacial score (nSPS) is 15.1. The predicted octanol–water partition coefficient (Wildman–Crippen LogP) is 2.27. The molecule has 2 nitrogen and oxygen atoms in total. The average molecular weight is 189 g/mol. The van der Waals surface area contributed by atoms with Gasteiger partial charge in [-0.2, -0.15) is 0 Å². The number of benzene rings is 1. The van der Waals surface area contributed by atoms with Crippen LogP contribution in [0.2, 0.25) is 0 Å². The Hall–Kier alpha value is -1.31. The molecule has 1 aliphatic rings. The van der Waals surface area contributed by atoms with Crippen molar-refractivity contribution in [1.82, 2.24) is 0 Å². The van der Waals surface area contributed by atoms with Crippen molar-refractivity contribution < 1.29 is 4.79 Å². The molecule has 0 saturated carbocycles. The second kappa shape index (κ2) is 3.45. The van der Waals surface area contributed by atoms with Crippen molar-refractivity contribution in [3.8, 4) is 0 Å². The summed E-state index contributed by atoms with van der Waals surface area (Å²) < 4.78 is 0. The molecule has 1 heterocycles. The third kappa shape index (κ3) is 1.41. The number of rotatable bonds is 1. The maximum absolute atomic E-state index is 11.4. The third-order valence-electron chi connectivity index (χ3n) is 2.86. The summed E-state index contributed by atoms with van der Waals surface area (Å²) in [6.45, 7) is 2.73. The first-order valence-electron chi connectivity index (χ1n) is 5.04. The van der Waals surface area contributed by atoms with E-state index in [1.54, 1.807) is 6.92 Å². The van der Waals surface area contributed by atoms with Gasteiger partial charge in [-0.3, -0.25) is 4.79 Å². The summed E-state index contributed by atoms with van der Waals surface area (Å²) in [6.07, 6.45) is 2.18. The van der Waals surface area contributed by atoms with Gasteiger partial charge in [0.25, 0.3) is 0 Å². The van der Waals surface area contributed by atoms with E-state index >= 15 is 0 Å². The van der Waals surface area contributed by atoms with Crippen LogP contribution in [-0.4, -0.2) is 19.4 Å². The van der Waals surface area contributed by atoms with Crippen LogP contribution in [0.3, 0.4) is 0 Å². The Balaban J connectivity index is 2.55. The molecule has 0 atom stereocenters. The zero-order valence-corrected chi connectivity index (χ0v) is 8.71. The highest BCUT2D eigenvalue weighted by Crippen LogP contribution is 2.28. The number of hydrogen-bond donors (Lipinski definition) is 0. The molecule has 0 N–H and O–H groups in total. The Morgan fingerprint density at radius 3 is 2.93 bits per heavy atom. The molecule has 1 aromatic rings. The van der Waals surface area contributed by atoms with Crippen LogP contribution >= 0.6 is 0 Å². The van der Waals surface area contributed by atoms with Crippen molar-refractivity contribution in [3.63, 3.8) is 0 Å². The molecule has 0 bridgehead atoms. The van der Waals surface area contributed by atoms with E-state index in [0.717, 1.165) is 24.9 Å². The summed E-state index contributed by atoms with van der Waals surface area (Å²) in [4.78, 5) is 13.6. The largest absolute Gasteiger partial charge is 0.374 e. The zero-order valence-electron chi connectivity index (χ0n) is 8.71. The third-order valence-corrected chi connectivity index (χ3v) is 2.86. The van der Waals surface area contributed by atoms with Gasteiger partial charge in [0.05, 0.1) is 0 Å². The van der Waals surface area contributed by atoms with Crippen LogP contribution in [0.1, 0.15) is 29.3 Å². The number of carbonyl (C=O) groups excluding carboxylic acids is 1. The van der Waals surface area contributed by atoms with Gasteiger partial charge in [-0.15, -0.1) is 0 Å². The van der Waals surface area contributed by atoms with E-state index in [0.29, 0.717) is 0 Å². The molecule has 0 amide bonds. The minimum absolute atomic E-state index is 0.178. The molecule has 1 aliphatic heterocycles. The highest BCUT2D eigenvalue weighted by atomic mass is 16.1. The van der Waals surface area contributed by atoms with E-state index < -0.39 is 0 Å². The monoisotopic (exact) mass is 189 g/mol. The average Bonchev–Trinajstić information content (AvgIpc) is 2.17. The molecule has 0 aliphatic carbocycles. The molecule has 2 rings (SSSR count). The van der Waals surface area contributed by atoms with Gasteiger partial charge in [-0.05, 0) is 31.4 Å². The second-order valence-electron chi connectivity index (χ2n) is 3.88. The Morgan fingerprint density at radius 1 is 1.43 bits per heavy atom. The van der Waals surface area contributed by atoms with Crippen LogP contribution in [0.5, 0.6) is 0 Å². The first kappa shape index (κ1) is 9.25. The minimum atomic E-state index is 0.178. The SMILES string of the molecule is CC(=O)c1cccc2c1CCCN2C. The molecule has 0 saturated heterocycles. The van der Waals surface area contributed by atoms with Crippen molar-refractivity contribution >= 4 is 11.5 Å². The Labute approximate surface area is 84.5 Å². The van der Waals surface area contributed by atoms with Gasteiger partial charge in [0.1, 0.15) is 0 Å². The van der Waals surface area contributed by atoms with Gasteiger partial charge in [-0.1, -0.05) is 12.1 Å². The predicted molar refractivity (Wildman–Crippen MR) is 58.0 cm³/mol. The molecule has 1 aromatic carbocycles. The fraction of sp³-hybridized carbons (Fsp3) is 0.417. The van der Waals surface area contributed by atoms with Gasteiger partial charge in [0.2, 0.25) is 0 Å². The smallest absolute Gasteiger partial charge is 0.160 e. The molecule has 0 radical (unpaired) electrons. The zero-order chi connectivity index (χ0) is 10.1. The summed E-state index contributed by atoms with van der Waals surface area (Å²) in [5.41, 5.74) is 3.35. The van der Waals surface area contributed by atoms with Gasteiger partial charge in [0, 0.05) is 24.8 Å². The number of ketones is 1. The number of fused-ring (bicyclic) bond motifs is 1.